The van der Waals surface area contributed by atoms with Crippen LogP contribution in [-0.2, 0) is 32.5 Å². The third kappa shape index (κ3) is 4.68. The van der Waals surface area contributed by atoms with Crippen molar-refractivity contribution in [3.8, 4) is 0 Å². The maximum absolute atomic E-state index is 12.8. The molecule has 27 heavy (non-hydrogen) atoms. The highest BCUT2D eigenvalue weighted by Crippen LogP contribution is 2.26. The van der Waals surface area contributed by atoms with Crippen LogP contribution >= 0.6 is 0 Å². The molecule has 0 saturated heterocycles. The second-order valence-corrected chi connectivity index (χ2v) is 9.16. The van der Waals surface area contributed by atoms with Crippen molar-refractivity contribution < 1.29 is 23.1 Å². The summed E-state index contributed by atoms with van der Waals surface area (Å²) in [5.41, 5.74) is 2.05. The quantitative estimate of drug-likeness (QED) is 0.806. The van der Waals surface area contributed by atoms with Crippen molar-refractivity contribution in [2.45, 2.75) is 56.4 Å². The maximum atomic E-state index is 12.8. The molecule has 1 heterocycles. The van der Waals surface area contributed by atoms with Gasteiger partial charge < -0.3 is 10.0 Å². The second kappa shape index (κ2) is 7.98. The Kier molecular flexibility index (Phi) is 5.86. The van der Waals surface area contributed by atoms with Crippen LogP contribution in [0.1, 0.15) is 43.7 Å². The molecule has 1 saturated carbocycles. The lowest BCUT2D eigenvalue weighted by molar-refractivity contribution is -0.142. The molecule has 0 radical (unpaired) electrons. The summed E-state index contributed by atoms with van der Waals surface area (Å²) in [7, 11) is -3.65. The summed E-state index contributed by atoms with van der Waals surface area (Å²) in [4.78, 5) is 24.7. The van der Waals surface area contributed by atoms with E-state index in [9.17, 15) is 18.0 Å². The van der Waals surface area contributed by atoms with Crippen LogP contribution in [0.5, 0.6) is 0 Å². The smallest absolute Gasteiger partial charge is 0.306 e. The Labute approximate surface area is 159 Å². The van der Waals surface area contributed by atoms with Crippen LogP contribution in [0.3, 0.4) is 0 Å². The van der Waals surface area contributed by atoms with Crippen LogP contribution in [0.2, 0.25) is 0 Å². The molecule has 0 aromatic heterocycles. The monoisotopic (exact) mass is 394 g/mol. The second-order valence-electron chi connectivity index (χ2n) is 7.44. The highest BCUT2D eigenvalue weighted by molar-refractivity contribution is 7.89. The van der Waals surface area contributed by atoms with Gasteiger partial charge in [-0.3, -0.25) is 9.59 Å². The normalized spacial score (nSPS) is 23.4. The van der Waals surface area contributed by atoms with E-state index in [0.717, 1.165) is 17.5 Å². The highest BCUT2D eigenvalue weighted by atomic mass is 32.2. The number of hydrogen-bond donors (Lipinski definition) is 2. The summed E-state index contributed by atoms with van der Waals surface area (Å²) in [5, 5.41) is 9.06. The summed E-state index contributed by atoms with van der Waals surface area (Å²) >= 11 is 0. The first-order valence-electron chi connectivity index (χ1n) is 9.38. The third-order valence-electron chi connectivity index (χ3n) is 5.63. The van der Waals surface area contributed by atoms with Crippen molar-refractivity contribution in [3.05, 3.63) is 29.3 Å². The predicted molar refractivity (Wildman–Crippen MR) is 99.8 cm³/mol. The Balaban J connectivity index is 1.69. The number of aliphatic carboxylic acids is 1. The zero-order valence-electron chi connectivity index (χ0n) is 15.5. The van der Waals surface area contributed by atoms with E-state index in [0.29, 0.717) is 45.2 Å². The number of sulfonamides is 1. The van der Waals surface area contributed by atoms with Crippen molar-refractivity contribution in [2.24, 2.45) is 5.92 Å². The molecule has 2 N–H and O–H groups in total. The molecule has 2 aliphatic rings. The fourth-order valence-corrected chi connectivity index (χ4v) is 5.28. The Morgan fingerprint density at radius 2 is 1.70 bits per heavy atom. The number of carbonyl (C=O) groups is 2. The number of carboxylic acid groups (broad SMARTS) is 1. The van der Waals surface area contributed by atoms with E-state index in [4.69, 9.17) is 5.11 Å². The van der Waals surface area contributed by atoms with Crippen molar-refractivity contribution >= 4 is 21.9 Å². The van der Waals surface area contributed by atoms with Crippen LogP contribution in [0.4, 0.5) is 0 Å². The van der Waals surface area contributed by atoms with Crippen molar-refractivity contribution in [1.82, 2.24) is 9.62 Å². The molecule has 0 atom stereocenters. The lowest BCUT2D eigenvalue weighted by atomic mass is 9.87. The molecule has 148 valence electrons. The lowest BCUT2D eigenvalue weighted by Crippen LogP contribution is -2.38. The average Bonchev–Trinajstić information content (AvgIpc) is 2.84. The standard InChI is InChI=1S/C19H26N2O5S/c1-13(22)21-10-8-14-4-7-18(12-16(14)9-11-21)27(25,26)20-17-5-2-15(3-6-17)19(23)24/h4,7,12,15,17,20H,2-3,5-6,8-11H2,1H3,(H,23,24). The van der Waals surface area contributed by atoms with Crippen LogP contribution in [-0.4, -0.2) is 49.4 Å². The number of benzene rings is 1. The molecule has 7 nitrogen and oxygen atoms in total. The summed E-state index contributed by atoms with van der Waals surface area (Å²) in [5.74, 6) is -1.14. The van der Waals surface area contributed by atoms with Gasteiger partial charge in [0, 0.05) is 26.1 Å². The highest BCUT2D eigenvalue weighted by Gasteiger charge is 2.29. The van der Waals surface area contributed by atoms with E-state index in [-0.39, 0.29) is 22.8 Å². The molecule has 3 rings (SSSR count). The fourth-order valence-electron chi connectivity index (χ4n) is 3.93. The predicted octanol–water partition coefficient (Wildman–Crippen LogP) is 1.56. The van der Waals surface area contributed by atoms with E-state index in [1.165, 1.54) is 0 Å². The van der Waals surface area contributed by atoms with Gasteiger partial charge in [0.25, 0.3) is 0 Å². The molecule has 1 aliphatic carbocycles. The van der Waals surface area contributed by atoms with Crippen molar-refractivity contribution in [3.63, 3.8) is 0 Å². The van der Waals surface area contributed by atoms with Gasteiger partial charge in [-0.15, -0.1) is 0 Å². The molecule has 1 aromatic rings. The number of nitrogens with one attached hydrogen (secondary N) is 1. The van der Waals surface area contributed by atoms with Gasteiger partial charge in [-0.2, -0.15) is 0 Å². The molecule has 0 bridgehead atoms. The average molecular weight is 394 g/mol. The van der Waals surface area contributed by atoms with Crippen LogP contribution in [0.25, 0.3) is 0 Å². The molecule has 0 unspecified atom stereocenters. The minimum absolute atomic E-state index is 0.0364. The van der Waals surface area contributed by atoms with Gasteiger partial charge in [-0.25, -0.2) is 13.1 Å². The summed E-state index contributed by atoms with van der Waals surface area (Å²) in [6, 6.07) is 4.95. The van der Waals surface area contributed by atoms with Gasteiger partial charge in [0.1, 0.15) is 0 Å². The number of carboxylic acids is 1. The topological polar surface area (TPSA) is 104 Å². The summed E-state index contributed by atoms with van der Waals surface area (Å²) in [6.07, 6.45) is 3.43. The Morgan fingerprint density at radius 1 is 1.07 bits per heavy atom. The molecule has 0 spiro atoms. The van der Waals surface area contributed by atoms with Crippen molar-refractivity contribution in [2.75, 3.05) is 13.1 Å². The number of hydrogen-bond acceptors (Lipinski definition) is 4. The summed E-state index contributed by atoms with van der Waals surface area (Å²) in [6.45, 7) is 2.80. The first-order chi connectivity index (χ1) is 12.8. The SMILES string of the molecule is CC(=O)N1CCc2ccc(S(=O)(=O)NC3CCC(C(=O)O)CC3)cc2CC1. The van der Waals surface area contributed by atoms with Gasteiger partial charge in [0.2, 0.25) is 15.9 Å². The third-order valence-corrected chi connectivity index (χ3v) is 7.15. The van der Waals surface area contributed by atoms with Gasteiger partial charge in [0.05, 0.1) is 10.8 Å². The minimum atomic E-state index is -3.65. The van der Waals surface area contributed by atoms with E-state index in [2.05, 4.69) is 4.72 Å². The molecule has 8 heteroatoms. The zero-order valence-corrected chi connectivity index (χ0v) is 16.3. The first kappa shape index (κ1) is 19.8. The first-order valence-corrected chi connectivity index (χ1v) is 10.9. The molecular formula is C19H26N2O5S. The molecular weight excluding hydrogens is 368 g/mol. The van der Waals surface area contributed by atoms with Gasteiger partial charge in [-0.1, -0.05) is 6.07 Å². The lowest BCUT2D eigenvalue weighted by Gasteiger charge is -2.26. The molecule has 1 amide bonds. The van der Waals surface area contributed by atoms with Crippen molar-refractivity contribution in [1.29, 1.82) is 0 Å². The van der Waals surface area contributed by atoms with Gasteiger partial charge in [-0.05, 0) is 61.8 Å². The van der Waals surface area contributed by atoms with E-state index in [1.807, 2.05) is 6.07 Å². The van der Waals surface area contributed by atoms with Crippen LogP contribution in [0, 0.1) is 5.92 Å². The van der Waals surface area contributed by atoms with Gasteiger partial charge in [0.15, 0.2) is 0 Å². The number of rotatable bonds is 4. The number of amides is 1. The number of fused-ring (bicyclic) bond motifs is 1. The van der Waals surface area contributed by atoms with Gasteiger partial charge >= 0.3 is 5.97 Å². The number of nitrogens with zero attached hydrogens (tertiary/aromatic N) is 1. The fraction of sp³-hybridized carbons (Fsp3) is 0.579. The maximum Gasteiger partial charge on any atom is 0.306 e. The molecule has 1 fully saturated rings. The van der Waals surface area contributed by atoms with E-state index in [1.54, 1.807) is 24.0 Å². The van der Waals surface area contributed by atoms with E-state index >= 15 is 0 Å². The zero-order chi connectivity index (χ0) is 19.6. The van der Waals surface area contributed by atoms with Crippen LogP contribution < -0.4 is 4.72 Å². The Hall–Kier alpha value is -1.93. The Morgan fingerprint density at radius 3 is 2.30 bits per heavy atom. The summed E-state index contributed by atoms with van der Waals surface area (Å²) < 4.78 is 28.3. The molecule has 1 aliphatic heterocycles. The largest absolute Gasteiger partial charge is 0.481 e. The Bertz CT molecular complexity index is 829. The van der Waals surface area contributed by atoms with E-state index < -0.39 is 16.0 Å². The minimum Gasteiger partial charge on any atom is -0.481 e. The molecule has 1 aromatic carbocycles. The van der Waals surface area contributed by atoms with Crippen LogP contribution in [0.15, 0.2) is 23.1 Å². The number of carbonyl (C=O) groups excluding carboxylic acids is 1.